The second-order valence-electron chi connectivity index (χ2n) is 4.40. The number of likely N-dealkylation sites (N-methyl/N-ethyl adjacent to an activating group) is 1. The van der Waals surface area contributed by atoms with Crippen molar-refractivity contribution in [2.45, 2.75) is 32.2 Å². The lowest BCUT2D eigenvalue weighted by Crippen LogP contribution is -2.42. The summed E-state index contributed by atoms with van der Waals surface area (Å²) in [5.74, 6) is -0.0430. The van der Waals surface area contributed by atoms with Gasteiger partial charge in [0.05, 0.1) is 0 Å². The summed E-state index contributed by atoms with van der Waals surface area (Å²) in [6.07, 6.45) is 3.01. The van der Waals surface area contributed by atoms with Gasteiger partial charge in [-0.1, -0.05) is 6.92 Å². The van der Waals surface area contributed by atoms with Crippen LogP contribution in [0.3, 0.4) is 0 Å². The van der Waals surface area contributed by atoms with Gasteiger partial charge in [-0.25, -0.2) is 0 Å². The number of carbonyl (C=O) groups is 1. The van der Waals surface area contributed by atoms with Crippen molar-refractivity contribution in [3.05, 3.63) is 0 Å². The van der Waals surface area contributed by atoms with Gasteiger partial charge in [-0.2, -0.15) is 0 Å². The van der Waals surface area contributed by atoms with E-state index in [1.807, 2.05) is 18.9 Å². The molecule has 15 heavy (non-hydrogen) atoms. The van der Waals surface area contributed by atoms with Crippen molar-refractivity contribution in [2.24, 2.45) is 5.92 Å². The highest BCUT2D eigenvalue weighted by atomic mass is 16.4. The number of carboxylic acids is 1. The summed E-state index contributed by atoms with van der Waals surface area (Å²) in [5.41, 5.74) is 0. The molecular weight excluding hydrogens is 192 g/mol. The van der Waals surface area contributed by atoms with Crippen molar-refractivity contribution in [1.29, 1.82) is 0 Å². The van der Waals surface area contributed by atoms with Crippen LogP contribution in [0, 0.1) is 5.92 Å². The maximum absolute atomic E-state index is 11.0. The Bertz CT molecular complexity index is 203. The lowest BCUT2D eigenvalue weighted by Gasteiger charge is -2.30. The smallest absolute Gasteiger partial charge is 0.320 e. The van der Waals surface area contributed by atoms with Crippen LogP contribution in [0.5, 0.6) is 0 Å². The van der Waals surface area contributed by atoms with Crippen LogP contribution < -0.4 is 5.32 Å². The van der Waals surface area contributed by atoms with Gasteiger partial charge in [-0.3, -0.25) is 9.69 Å². The van der Waals surface area contributed by atoms with Gasteiger partial charge in [0.15, 0.2) is 0 Å². The van der Waals surface area contributed by atoms with E-state index in [-0.39, 0.29) is 6.04 Å². The minimum Gasteiger partial charge on any atom is -0.480 e. The fourth-order valence-electron chi connectivity index (χ4n) is 2.27. The number of rotatable bonds is 5. The summed E-state index contributed by atoms with van der Waals surface area (Å²) in [6.45, 7) is 4.98. The second kappa shape index (κ2) is 6.08. The molecule has 88 valence electrons. The summed E-state index contributed by atoms with van der Waals surface area (Å²) in [6, 6.07) is -0.320. The van der Waals surface area contributed by atoms with E-state index in [9.17, 15) is 4.79 Å². The molecule has 1 atom stereocenters. The van der Waals surface area contributed by atoms with Gasteiger partial charge >= 0.3 is 5.97 Å². The lowest BCUT2D eigenvalue weighted by atomic mass is 9.97. The number of nitrogens with one attached hydrogen (secondary N) is 1. The molecule has 4 heteroatoms. The molecule has 0 aromatic heterocycles. The van der Waals surface area contributed by atoms with E-state index in [0.29, 0.717) is 12.3 Å². The molecule has 1 rings (SSSR count). The van der Waals surface area contributed by atoms with Gasteiger partial charge < -0.3 is 10.4 Å². The zero-order chi connectivity index (χ0) is 11.3. The highest BCUT2D eigenvalue weighted by Gasteiger charge is 2.23. The fourth-order valence-corrected chi connectivity index (χ4v) is 2.27. The molecule has 1 heterocycles. The zero-order valence-electron chi connectivity index (χ0n) is 9.70. The Morgan fingerprint density at radius 2 is 2.13 bits per heavy atom. The van der Waals surface area contributed by atoms with Gasteiger partial charge in [0, 0.05) is 6.54 Å². The summed E-state index contributed by atoms with van der Waals surface area (Å²) in [7, 11) is 1.92. The third-order valence-corrected chi connectivity index (χ3v) is 3.21. The number of aliphatic carboxylic acids is 1. The van der Waals surface area contributed by atoms with Crippen molar-refractivity contribution in [3.8, 4) is 0 Å². The number of piperidine rings is 1. The Morgan fingerprint density at radius 3 is 2.60 bits per heavy atom. The van der Waals surface area contributed by atoms with E-state index in [4.69, 9.17) is 5.11 Å². The molecule has 1 aliphatic rings. The minimum atomic E-state index is -0.700. The molecule has 0 bridgehead atoms. The minimum absolute atomic E-state index is 0.320. The maximum atomic E-state index is 11.0. The topological polar surface area (TPSA) is 52.6 Å². The van der Waals surface area contributed by atoms with Crippen LogP contribution >= 0.6 is 0 Å². The number of carboxylic acid groups (broad SMARTS) is 1. The Morgan fingerprint density at radius 1 is 1.53 bits per heavy atom. The summed E-state index contributed by atoms with van der Waals surface area (Å²) in [4.78, 5) is 12.9. The van der Waals surface area contributed by atoms with Crippen LogP contribution in [0.25, 0.3) is 0 Å². The third-order valence-electron chi connectivity index (χ3n) is 3.21. The molecule has 4 nitrogen and oxygen atoms in total. The van der Waals surface area contributed by atoms with Gasteiger partial charge in [0.25, 0.3) is 0 Å². The molecule has 1 fully saturated rings. The predicted molar refractivity (Wildman–Crippen MR) is 59.9 cm³/mol. The SMILES string of the molecule is CCC(C(=O)O)N(C)CC1CCNCC1. The third kappa shape index (κ3) is 3.80. The van der Waals surface area contributed by atoms with Gasteiger partial charge in [0.2, 0.25) is 0 Å². The summed E-state index contributed by atoms with van der Waals surface area (Å²) < 4.78 is 0. The summed E-state index contributed by atoms with van der Waals surface area (Å²) in [5, 5.41) is 12.3. The first-order chi connectivity index (χ1) is 7.15. The summed E-state index contributed by atoms with van der Waals surface area (Å²) >= 11 is 0. The van der Waals surface area contributed by atoms with Gasteiger partial charge in [0.1, 0.15) is 6.04 Å². The normalized spacial score (nSPS) is 20.5. The first-order valence-electron chi connectivity index (χ1n) is 5.79. The van der Waals surface area contributed by atoms with E-state index >= 15 is 0 Å². The maximum Gasteiger partial charge on any atom is 0.320 e. The number of hydrogen-bond acceptors (Lipinski definition) is 3. The number of hydrogen-bond donors (Lipinski definition) is 2. The van der Waals surface area contributed by atoms with Crippen molar-refractivity contribution in [3.63, 3.8) is 0 Å². The molecule has 0 amide bonds. The molecule has 0 radical (unpaired) electrons. The molecule has 1 aliphatic heterocycles. The largest absolute Gasteiger partial charge is 0.480 e. The molecule has 0 aromatic carbocycles. The Kier molecular flexibility index (Phi) is 5.05. The average molecular weight is 214 g/mol. The molecular formula is C11H22N2O2. The van der Waals surface area contributed by atoms with Crippen LogP contribution in [0.2, 0.25) is 0 Å². The monoisotopic (exact) mass is 214 g/mol. The predicted octanol–water partition coefficient (Wildman–Crippen LogP) is 0.781. The van der Waals surface area contributed by atoms with Crippen molar-refractivity contribution >= 4 is 5.97 Å². The second-order valence-corrected chi connectivity index (χ2v) is 4.40. The van der Waals surface area contributed by atoms with Gasteiger partial charge in [-0.05, 0) is 45.3 Å². The van der Waals surface area contributed by atoms with E-state index in [1.165, 1.54) is 12.8 Å². The Labute approximate surface area is 91.6 Å². The van der Waals surface area contributed by atoms with Crippen molar-refractivity contribution < 1.29 is 9.90 Å². The first kappa shape index (κ1) is 12.5. The zero-order valence-corrected chi connectivity index (χ0v) is 9.70. The average Bonchev–Trinajstić information content (AvgIpc) is 2.19. The van der Waals surface area contributed by atoms with E-state index in [1.54, 1.807) is 0 Å². The molecule has 0 saturated carbocycles. The van der Waals surface area contributed by atoms with E-state index in [0.717, 1.165) is 19.6 Å². The molecule has 2 N–H and O–H groups in total. The van der Waals surface area contributed by atoms with Gasteiger partial charge in [-0.15, -0.1) is 0 Å². The number of nitrogens with zero attached hydrogens (tertiary/aromatic N) is 1. The standard InChI is InChI=1S/C11H22N2O2/c1-3-10(11(14)15)13(2)8-9-4-6-12-7-5-9/h9-10,12H,3-8H2,1-2H3,(H,14,15). The Hall–Kier alpha value is -0.610. The van der Waals surface area contributed by atoms with Crippen molar-refractivity contribution in [2.75, 3.05) is 26.7 Å². The lowest BCUT2D eigenvalue weighted by molar-refractivity contribution is -0.143. The van der Waals surface area contributed by atoms with Crippen LogP contribution in [-0.4, -0.2) is 48.7 Å². The quantitative estimate of drug-likeness (QED) is 0.710. The van der Waals surface area contributed by atoms with Crippen LogP contribution in [0.4, 0.5) is 0 Å². The van der Waals surface area contributed by atoms with Crippen LogP contribution in [0.1, 0.15) is 26.2 Å². The molecule has 0 aliphatic carbocycles. The molecule has 0 spiro atoms. The van der Waals surface area contributed by atoms with Crippen molar-refractivity contribution in [1.82, 2.24) is 10.2 Å². The fraction of sp³-hybridized carbons (Fsp3) is 0.909. The first-order valence-corrected chi connectivity index (χ1v) is 5.79. The molecule has 1 unspecified atom stereocenters. The molecule has 0 aromatic rings. The van der Waals surface area contributed by atoms with E-state index in [2.05, 4.69) is 5.32 Å². The highest BCUT2D eigenvalue weighted by molar-refractivity contribution is 5.73. The highest BCUT2D eigenvalue weighted by Crippen LogP contribution is 2.14. The molecule has 1 saturated heterocycles. The van der Waals surface area contributed by atoms with Crippen LogP contribution in [-0.2, 0) is 4.79 Å². The van der Waals surface area contributed by atoms with Crippen LogP contribution in [0.15, 0.2) is 0 Å². The Balaban J connectivity index is 2.38. The van der Waals surface area contributed by atoms with E-state index < -0.39 is 5.97 Å².